The summed E-state index contributed by atoms with van der Waals surface area (Å²) in [5.41, 5.74) is 2.70. The van der Waals surface area contributed by atoms with Crippen LogP contribution in [0.25, 0.3) is 16.9 Å². The number of esters is 1. The van der Waals surface area contributed by atoms with Crippen molar-refractivity contribution < 1.29 is 23.8 Å². The van der Waals surface area contributed by atoms with Gasteiger partial charge in [-0.2, -0.15) is 5.10 Å². The molecular formula is C25H30N4O5. The van der Waals surface area contributed by atoms with Crippen molar-refractivity contribution in [2.75, 3.05) is 13.7 Å². The fourth-order valence-electron chi connectivity index (χ4n) is 3.22. The van der Waals surface area contributed by atoms with E-state index in [0.717, 1.165) is 11.1 Å². The van der Waals surface area contributed by atoms with Crippen LogP contribution in [0.3, 0.4) is 0 Å². The van der Waals surface area contributed by atoms with Crippen molar-refractivity contribution in [2.45, 2.75) is 46.3 Å². The van der Waals surface area contributed by atoms with Crippen LogP contribution in [0.2, 0.25) is 0 Å². The molecule has 9 nitrogen and oxygen atoms in total. The van der Waals surface area contributed by atoms with Crippen molar-refractivity contribution in [3.8, 4) is 22.8 Å². The number of carbonyl (C=O) groups is 2. The van der Waals surface area contributed by atoms with Crippen LogP contribution in [0.15, 0.2) is 48.7 Å². The Bertz CT molecular complexity index is 1130. The van der Waals surface area contributed by atoms with Gasteiger partial charge in [0, 0.05) is 11.6 Å². The minimum absolute atomic E-state index is 0.191. The average Bonchev–Trinajstić information content (AvgIpc) is 3.24. The van der Waals surface area contributed by atoms with E-state index in [-0.39, 0.29) is 18.3 Å². The fraction of sp³-hybridized carbons (Fsp3) is 0.360. The predicted molar refractivity (Wildman–Crippen MR) is 127 cm³/mol. The number of ether oxygens (including phenoxy) is 3. The Labute approximate surface area is 199 Å². The number of hydrogen-bond donors (Lipinski definition) is 1. The van der Waals surface area contributed by atoms with Crippen molar-refractivity contribution in [3.05, 3.63) is 59.9 Å². The van der Waals surface area contributed by atoms with Gasteiger partial charge in [0.05, 0.1) is 37.3 Å². The molecule has 0 bridgehead atoms. The Morgan fingerprint density at radius 1 is 1.12 bits per heavy atom. The first-order chi connectivity index (χ1) is 16.1. The van der Waals surface area contributed by atoms with Crippen LogP contribution < -0.4 is 10.1 Å². The Morgan fingerprint density at radius 3 is 2.38 bits per heavy atom. The van der Waals surface area contributed by atoms with E-state index in [1.54, 1.807) is 43.1 Å². The molecule has 0 aliphatic heterocycles. The summed E-state index contributed by atoms with van der Waals surface area (Å²) in [7, 11) is 1.54. The van der Waals surface area contributed by atoms with Crippen LogP contribution in [-0.2, 0) is 9.47 Å². The fourth-order valence-corrected chi connectivity index (χ4v) is 3.22. The largest absolute Gasteiger partial charge is 0.481 e. The molecule has 1 aromatic carbocycles. The Kier molecular flexibility index (Phi) is 7.55. The van der Waals surface area contributed by atoms with Gasteiger partial charge in [-0.15, -0.1) is 0 Å². The van der Waals surface area contributed by atoms with E-state index in [0.29, 0.717) is 17.3 Å². The summed E-state index contributed by atoms with van der Waals surface area (Å²) in [6.07, 6.45) is 1.14. The topological polar surface area (TPSA) is 105 Å². The number of benzene rings is 1. The second-order valence-corrected chi connectivity index (χ2v) is 8.60. The molecule has 2 heterocycles. The molecule has 3 rings (SSSR count). The van der Waals surface area contributed by atoms with E-state index in [9.17, 15) is 9.59 Å². The molecule has 180 valence electrons. The van der Waals surface area contributed by atoms with Crippen LogP contribution >= 0.6 is 0 Å². The highest BCUT2D eigenvalue weighted by Crippen LogP contribution is 2.26. The molecule has 34 heavy (non-hydrogen) atoms. The molecule has 0 aliphatic rings. The monoisotopic (exact) mass is 466 g/mol. The standard InChI is InChI=1S/C25H30N4O5/c1-7-33-23(30)20-14-21(29(28-20)19-12-13-22(32-6)26-15-19)18-10-8-17(9-11-18)16(2)27-24(31)34-25(3,4)5/h8-16H,7H2,1-6H3,(H,27,31). The van der Waals surface area contributed by atoms with E-state index < -0.39 is 17.7 Å². The normalized spacial score (nSPS) is 12.1. The van der Waals surface area contributed by atoms with Gasteiger partial charge in [0.2, 0.25) is 5.88 Å². The van der Waals surface area contributed by atoms with Gasteiger partial charge in [-0.25, -0.2) is 19.3 Å². The Balaban J connectivity index is 1.90. The molecule has 1 atom stereocenters. The van der Waals surface area contributed by atoms with Crippen molar-refractivity contribution in [1.82, 2.24) is 20.1 Å². The van der Waals surface area contributed by atoms with Crippen LogP contribution in [0.5, 0.6) is 5.88 Å². The van der Waals surface area contributed by atoms with Crippen LogP contribution in [0, 0.1) is 0 Å². The third-order valence-electron chi connectivity index (χ3n) is 4.81. The number of rotatable bonds is 7. The average molecular weight is 467 g/mol. The summed E-state index contributed by atoms with van der Waals surface area (Å²) in [4.78, 5) is 28.7. The molecule has 0 saturated heterocycles. The summed E-state index contributed by atoms with van der Waals surface area (Å²) in [5.74, 6) is -0.0327. The second-order valence-electron chi connectivity index (χ2n) is 8.60. The first-order valence-corrected chi connectivity index (χ1v) is 11.0. The lowest BCUT2D eigenvalue weighted by Gasteiger charge is -2.22. The smallest absolute Gasteiger partial charge is 0.408 e. The summed E-state index contributed by atoms with van der Waals surface area (Å²) < 4.78 is 17.2. The van der Waals surface area contributed by atoms with Crippen molar-refractivity contribution in [2.24, 2.45) is 0 Å². The molecule has 1 unspecified atom stereocenters. The number of methoxy groups -OCH3 is 1. The van der Waals surface area contributed by atoms with E-state index >= 15 is 0 Å². The zero-order valence-corrected chi connectivity index (χ0v) is 20.3. The summed E-state index contributed by atoms with van der Waals surface area (Å²) >= 11 is 0. The number of alkyl carbamates (subject to hydrolysis) is 1. The SMILES string of the molecule is CCOC(=O)c1cc(-c2ccc(C(C)NC(=O)OC(C)(C)C)cc2)n(-c2ccc(OC)nc2)n1. The first kappa shape index (κ1) is 24.8. The predicted octanol–water partition coefficient (Wildman–Crippen LogP) is 4.71. The van der Waals surface area contributed by atoms with E-state index in [4.69, 9.17) is 14.2 Å². The Morgan fingerprint density at radius 2 is 1.82 bits per heavy atom. The van der Waals surface area contributed by atoms with Crippen LogP contribution in [0.4, 0.5) is 4.79 Å². The second kappa shape index (κ2) is 10.4. The number of nitrogens with zero attached hydrogens (tertiary/aromatic N) is 3. The van der Waals surface area contributed by atoms with Crippen molar-refractivity contribution in [3.63, 3.8) is 0 Å². The number of nitrogens with one attached hydrogen (secondary N) is 1. The zero-order chi connectivity index (χ0) is 24.9. The minimum Gasteiger partial charge on any atom is -0.481 e. The molecule has 0 spiro atoms. The molecule has 9 heteroatoms. The lowest BCUT2D eigenvalue weighted by Crippen LogP contribution is -2.34. The third kappa shape index (κ3) is 6.12. The molecule has 0 radical (unpaired) electrons. The molecule has 0 fully saturated rings. The number of aromatic nitrogens is 3. The zero-order valence-electron chi connectivity index (χ0n) is 20.3. The van der Waals surface area contributed by atoms with Crippen molar-refractivity contribution >= 4 is 12.1 Å². The summed E-state index contributed by atoms with van der Waals surface area (Å²) in [6, 6.07) is 12.6. The number of amides is 1. The molecule has 0 aliphatic carbocycles. The van der Waals surface area contributed by atoms with E-state index in [2.05, 4.69) is 15.4 Å². The van der Waals surface area contributed by atoms with Gasteiger partial charge in [-0.3, -0.25) is 0 Å². The maximum Gasteiger partial charge on any atom is 0.408 e. The molecule has 1 amide bonds. The van der Waals surface area contributed by atoms with Crippen LogP contribution in [0.1, 0.15) is 56.7 Å². The van der Waals surface area contributed by atoms with Crippen molar-refractivity contribution in [1.29, 1.82) is 0 Å². The van der Waals surface area contributed by atoms with Gasteiger partial charge >= 0.3 is 12.1 Å². The first-order valence-electron chi connectivity index (χ1n) is 11.0. The highest BCUT2D eigenvalue weighted by atomic mass is 16.6. The van der Waals surface area contributed by atoms with Gasteiger partial charge in [-0.1, -0.05) is 24.3 Å². The molecule has 1 N–H and O–H groups in total. The van der Waals surface area contributed by atoms with Gasteiger partial charge in [0.15, 0.2) is 5.69 Å². The number of hydrogen-bond acceptors (Lipinski definition) is 7. The molecule has 0 saturated carbocycles. The highest BCUT2D eigenvalue weighted by Gasteiger charge is 2.20. The van der Waals surface area contributed by atoms with Gasteiger partial charge in [0.1, 0.15) is 5.60 Å². The molecule has 3 aromatic rings. The third-order valence-corrected chi connectivity index (χ3v) is 4.81. The quantitative estimate of drug-likeness (QED) is 0.503. The van der Waals surface area contributed by atoms with Gasteiger partial charge in [0.25, 0.3) is 0 Å². The number of carbonyl (C=O) groups excluding carboxylic acids is 2. The molecule has 2 aromatic heterocycles. The lowest BCUT2D eigenvalue weighted by molar-refractivity contribution is 0.0501. The molecular weight excluding hydrogens is 436 g/mol. The van der Waals surface area contributed by atoms with Crippen LogP contribution in [-0.4, -0.2) is 46.1 Å². The number of pyridine rings is 1. The lowest BCUT2D eigenvalue weighted by atomic mass is 10.0. The minimum atomic E-state index is -0.570. The summed E-state index contributed by atoms with van der Waals surface area (Å²) in [6.45, 7) is 9.33. The van der Waals surface area contributed by atoms with Gasteiger partial charge < -0.3 is 19.5 Å². The van der Waals surface area contributed by atoms with E-state index in [1.165, 1.54) is 0 Å². The maximum absolute atomic E-state index is 12.3. The van der Waals surface area contributed by atoms with E-state index in [1.807, 2.05) is 52.0 Å². The maximum atomic E-state index is 12.3. The van der Waals surface area contributed by atoms with Gasteiger partial charge in [-0.05, 0) is 52.3 Å². The Hall–Kier alpha value is -3.88. The highest BCUT2D eigenvalue weighted by molar-refractivity contribution is 5.89. The summed E-state index contributed by atoms with van der Waals surface area (Å²) in [5, 5.41) is 7.28.